The van der Waals surface area contributed by atoms with E-state index in [2.05, 4.69) is 0 Å². The quantitative estimate of drug-likeness (QED) is 0.480. The molecule has 1 aliphatic heterocycles. The topological polar surface area (TPSA) is 49.9 Å². The summed E-state index contributed by atoms with van der Waals surface area (Å²) in [5.41, 5.74) is 4.36. The first-order valence-electron chi connectivity index (χ1n) is 11.4. The molecule has 0 N–H and O–H groups in total. The number of fused-ring (bicyclic) bond motifs is 1. The number of para-hydroxylation sites is 3. The van der Waals surface area contributed by atoms with Crippen LogP contribution >= 0.6 is 0 Å². The van der Waals surface area contributed by atoms with Gasteiger partial charge in [-0.15, -0.1) is 0 Å². The highest BCUT2D eigenvalue weighted by molar-refractivity contribution is 6.11. The number of rotatable bonds is 6. The summed E-state index contributed by atoms with van der Waals surface area (Å²) in [6.07, 6.45) is 0.688. The minimum atomic E-state index is -0.315. The molecule has 5 nitrogen and oxygen atoms in total. The molecule has 3 aromatic carbocycles. The van der Waals surface area contributed by atoms with Crippen molar-refractivity contribution in [2.45, 2.75) is 27.2 Å². The van der Waals surface area contributed by atoms with Gasteiger partial charge in [0.2, 0.25) is 5.91 Å². The van der Waals surface area contributed by atoms with Gasteiger partial charge in [-0.1, -0.05) is 55.5 Å². The zero-order valence-electron chi connectivity index (χ0n) is 19.5. The van der Waals surface area contributed by atoms with Gasteiger partial charge in [-0.25, -0.2) is 0 Å². The van der Waals surface area contributed by atoms with Crippen LogP contribution in [0.1, 0.15) is 34.8 Å². The van der Waals surface area contributed by atoms with E-state index in [0.717, 1.165) is 28.3 Å². The smallest absolute Gasteiger partial charge is 0.258 e. The lowest BCUT2D eigenvalue weighted by Gasteiger charge is -2.25. The van der Waals surface area contributed by atoms with Gasteiger partial charge in [-0.05, 0) is 55.7 Å². The van der Waals surface area contributed by atoms with Crippen molar-refractivity contribution in [3.63, 3.8) is 0 Å². The van der Waals surface area contributed by atoms with Crippen LogP contribution in [0, 0.1) is 19.8 Å². The van der Waals surface area contributed by atoms with Crippen LogP contribution in [0.25, 0.3) is 0 Å². The molecule has 0 aromatic heterocycles. The van der Waals surface area contributed by atoms with Crippen molar-refractivity contribution in [2.24, 2.45) is 5.92 Å². The highest BCUT2D eigenvalue weighted by Crippen LogP contribution is 2.35. The minimum Gasteiger partial charge on any atom is -0.493 e. The lowest BCUT2D eigenvalue weighted by Crippen LogP contribution is -2.39. The Kier molecular flexibility index (Phi) is 6.78. The monoisotopic (exact) mass is 442 g/mol. The van der Waals surface area contributed by atoms with E-state index in [0.29, 0.717) is 31.7 Å². The van der Waals surface area contributed by atoms with E-state index in [-0.39, 0.29) is 17.7 Å². The third-order valence-electron chi connectivity index (χ3n) is 6.05. The number of benzene rings is 3. The third kappa shape index (κ3) is 4.77. The molecule has 5 heteroatoms. The maximum Gasteiger partial charge on any atom is 0.258 e. The van der Waals surface area contributed by atoms with Crippen LogP contribution in [0.5, 0.6) is 5.75 Å². The summed E-state index contributed by atoms with van der Waals surface area (Å²) in [6, 6.07) is 23.0. The molecule has 0 fully saturated rings. The molecule has 3 aromatic rings. The molecular formula is C28H30N2O3. The lowest BCUT2D eigenvalue weighted by atomic mass is 10.1. The molecule has 1 heterocycles. The lowest BCUT2D eigenvalue weighted by molar-refractivity contribution is -0.121. The molecule has 1 atom stereocenters. The van der Waals surface area contributed by atoms with Crippen molar-refractivity contribution in [3.8, 4) is 5.75 Å². The van der Waals surface area contributed by atoms with Gasteiger partial charge in [-0.2, -0.15) is 0 Å². The van der Waals surface area contributed by atoms with Crippen LogP contribution in [-0.4, -0.2) is 31.5 Å². The van der Waals surface area contributed by atoms with Gasteiger partial charge >= 0.3 is 0 Å². The molecule has 1 unspecified atom stereocenters. The summed E-state index contributed by atoms with van der Waals surface area (Å²) >= 11 is 0. The van der Waals surface area contributed by atoms with Crippen LogP contribution in [-0.2, 0) is 4.79 Å². The van der Waals surface area contributed by atoms with E-state index in [4.69, 9.17) is 4.74 Å². The van der Waals surface area contributed by atoms with E-state index >= 15 is 0 Å². The average Bonchev–Trinajstić information content (AvgIpc) is 2.93. The Hall–Kier alpha value is -3.60. The molecule has 0 saturated carbocycles. The molecule has 4 rings (SSSR count). The SMILES string of the molecule is Cc1cccc(C)c1OCCCN1C(=O)C(C)CN(C(=O)c2ccccc2)c2ccccc21. The van der Waals surface area contributed by atoms with Gasteiger partial charge in [-0.3, -0.25) is 9.59 Å². The van der Waals surface area contributed by atoms with Crippen molar-refractivity contribution in [2.75, 3.05) is 29.5 Å². The molecular weight excluding hydrogens is 412 g/mol. The molecule has 33 heavy (non-hydrogen) atoms. The summed E-state index contributed by atoms with van der Waals surface area (Å²) in [5, 5.41) is 0. The van der Waals surface area contributed by atoms with Gasteiger partial charge in [0, 0.05) is 18.7 Å². The Bertz CT molecular complexity index is 1120. The zero-order valence-corrected chi connectivity index (χ0v) is 19.5. The van der Waals surface area contributed by atoms with Gasteiger partial charge < -0.3 is 14.5 Å². The fraction of sp³-hybridized carbons (Fsp3) is 0.286. The highest BCUT2D eigenvalue weighted by atomic mass is 16.5. The second-order valence-electron chi connectivity index (χ2n) is 8.58. The highest BCUT2D eigenvalue weighted by Gasteiger charge is 2.33. The Labute approximate surface area is 195 Å². The van der Waals surface area contributed by atoms with Crippen LogP contribution in [0.4, 0.5) is 11.4 Å². The van der Waals surface area contributed by atoms with Crippen LogP contribution in [0.3, 0.4) is 0 Å². The van der Waals surface area contributed by atoms with E-state index in [1.54, 1.807) is 4.90 Å². The molecule has 2 amide bonds. The number of hydrogen-bond donors (Lipinski definition) is 0. The predicted molar refractivity (Wildman–Crippen MR) is 132 cm³/mol. The number of aryl methyl sites for hydroxylation is 2. The van der Waals surface area contributed by atoms with Crippen molar-refractivity contribution in [1.29, 1.82) is 0 Å². The standard InChI is InChI=1S/C28H30N2O3/c1-20-11-9-12-21(2)26(20)33-18-10-17-29-24-15-7-8-16-25(24)30(19-22(3)27(29)31)28(32)23-13-5-4-6-14-23/h4-9,11-16,22H,10,17-19H2,1-3H3. The van der Waals surface area contributed by atoms with Gasteiger partial charge in [0.25, 0.3) is 5.91 Å². The molecule has 1 aliphatic rings. The van der Waals surface area contributed by atoms with E-state index in [1.165, 1.54) is 0 Å². The van der Waals surface area contributed by atoms with Crippen molar-refractivity contribution in [1.82, 2.24) is 0 Å². The summed E-state index contributed by atoms with van der Waals surface area (Å²) in [6.45, 7) is 7.35. The summed E-state index contributed by atoms with van der Waals surface area (Å²) < 4.78 is 6.05. The minimum absolute atomic E-state index is 0.0258. The molecule has 0 bridgehead atoms. The molecule has 0 saturated heterocycles. The largest absolute Gasteiger partial charge is 0.493 e. The summed E-state index contributed by atoms with van der Waals surface area (Å²) in [5.74, 6) is 0.526. The molecule has 0 aliphatic carbocycles. The Balaban J connectivity index is 1.55. The Morgan fingerprint density at radius 2 is 1.55 bits per heavy atom. The van der Waals surface area contributed by atoms with Gasteiger partial charge in [0.05, 0.1) is 23.9 Å². The first-order chi connectivity index (χ1) is 16.0. The van der Waals surface area contributed by atoms with E-state index < -0.39 is 0 Å². The first-order valence-corrected chi connectivity index (χ1v) is 11.4. The van der Waals surface area contributed by atoms with Crippen LogP contribution in [0.2, 0.25) is 0 Å². The second kappa shape index (κ2) is 9.90. The third-order valence-corrected chi connectivity index (χ3v) is 6.05. The summed E-state index contributed by atoms with van der Waals surface area (Å²) in [7, 11) is 0. The number of nitrogens with zero attached hydrogens (tertiary/aromatic N) is 2. The summed E-state index contributed by atoms with van der Waals surface area (Å²) in [4.78, 5) is 30.2. The van der Waals surface area contributed by atoms with Crippen molar-refractivity contribution >= 4 is 23.2 Å². The fourth-order valence-electron chi connectivity index (χ4n) is 4.34. The zero-order chi connectivity index (χ0) is 23.4. The van der Waals surface area contributed by atoms with Gasteiger partial charge in [0.1, 0.15) is 5.75 Å². The molecule has 170 valence electrons. The predicted octanol–water partition coefficient (Wildman–Crippen LogP) is 5.40. The number of ether oxygens (including phenoxy) is 1. The van der Waals surface area contributed by atoms with Crippen molar-refractivity contribution < 1.29 is 14.3 Å². The van der Waals surface area contributed by atoms with Crippen molar-refractivity contribution in [3.05, 3.63) is 89.5 Å². The number of carbonyl (C=O) groups excluding carboxylic acids is 2. The Morgan fingerprint density at radius 1 is 0.909 bits per heavy atom. The number of hydrogen-bond acceptors (Lipinski definition) is 3. The fourth-order valence-corrected chi connectivity index (χ4v) is 4.34. The number of amides is 2. The average molecular weight is 443 g/mol. The number of anilines is 2. The second-order valence-corrected chi connectivity index (χ2v) is 8.58. The normalized spacial score (nSPS) is 15.7. The van der Waals surface area contributed by atoms with E-state index in [1.807, 2.05) is 98.5 Å². The van der Waals surface area contributed by atoms with Crippen LogP contribution in [0.15, 0.2) is 72.8 Å². The molecule has 0 radical (unpaired) electrons. The van der Waals surface area contributed by atoms with Crippen LogP contribution < -0.4 is 14.5 Å². The van der Waals surface area contributed by atoms with E-state index in [9.17, 15) is 9.59 Å². The van der Waals surface area contributed by atoms with Gasteiger partial charge in [0.15, 0.2) is 0 Å². The first kappa shape index (κ1) is 22.6. The Morgan fingerprint density at radius 3 is 2.24 bits per heavy atom. The molecule has 0 spiro atoms. The number of carbonyl (C=O) groups is 2. The maximum absolute atomic E-state index is 13.3. The maximum atomic E-state index is 13.3.